The van der Waals surface area contributed by atoms with Gasteiger partial charge in [0.05, 0.1) is 0 Å². The number of nitrogens with zero attached hydrogens (tertiary/aromatic N) is 1. The van der Waals surface area contributed by atoms with Gasteiger partial charge in [0.1, 0.15) is 0 Å². The van der Waals surface area contributed by atoms with Gasteiger partial charge in [-0.05, 0) is 24.6 Å². The van der Waals surface area contributed by atoms with E-state index in [2.05, 4.69) is 29.2 Å². The first-order valence-electron chi connectivity index (χ1n) is 5.62. The lowest BCUT2D eigenvalue weighted by molar-refractivity contribution is 0.673. The van der Waals surface area contributed by atoms with Crippen molar-refractivity contribution in [1.82, 2.24) is 0 Å². The van der Waals surface area contributed by atoms with Gasteiger partial charge in [0, 0.05) is 47.1 Å². The van der Waals surface area contributed by atoms with Gasteiger partial charge >= 0.3 is 0 Å². The normalized spacial score (nSPS) is 19.8. The van der Waals surface area contributed by atoms with E-state index in [9.17, 15) is 4.21 Å². The lowest BCUT2D eigenvalue weighted by atomic mass is 10.1. The van der Waals surface area contributed by atoms with Gasteiger partial charge in [-0.1, -0.05) is 12.1 Å². The summed E-state index contributed by atoms with van der Waals surface area (Å²) in [5.41, 5.74) is 8.17. The van der Waals surface area contributed by atoms with Crippen LogP contribution in [0.4, 0.5) is 5.69 Å². The predicted octanol–water partition coefficient (Wildman–Crippen LogP) is 1.27. The summed E-state index contributed by atoms with van der Waals surface area (Å²) in [7, 11) is -0.608. The van der Waals surface area contributed by atoms with Crippen molar-refractivity contribution in [3.63, 3.8) is 0 Å². The van der Waals surface area contributed by atoms with Crippen LogP contribution in [0.3, 0.4) is 0 Å². The molecule has 4 heteroatoms. The summed E-state index contributed by atoms with van der Waals surface area (Å²) >= 11 is 0. The third-order valence-electron chi connectivity index (χ3n) is 2.96. The second kappa shape index (κ2) is 4.97. The van der Waals surface area contributed by atoms with Gasteiger partial charge < -0.3 is 10.6 Å². The number of nitrogens with two attached hydrogens (primary N) is 1. The van der Waals surface area contributed by atoms with E-state index in [4.69, 9.17) is 5.73 Å². The molecule has 1 heterocycles. The van der Waals surface area contributed by atoms with Crippen LogP contribution in [0.5, 0.6) is 0 Å². The van der Waals surface area contributed by atoms with Crippen LogP contribution in [-0.2, 0) is 10.8 Å². The summed E-state index contributed by atoms with van der Waals surface area (Å²) in [6, 6.07) is 8.44. The lowest BCUT2D eigenvalue weighted by Gasteiger charge is -2.28. The van der Waals surface area contributed by atoms with Gasteiger partial charge in [-0.3, -0.25) is 4.21 Å². The summed E-state index contributed by atoms with van der Waals surface area (Å²) < 4.78 is 11.3. The molecule has 16 heavy (non-hydrogen) atoms. The van der Waals surface area contributed by atoms with Crippen molar-refractivity contribution >= 4 is 16.5 Å². The maximum absolute atomic E-state index is 11.3. The molecule has 1 atom stereocenters. The SMILES string of the molecule is C[C@@H](N)c1ccc(N2CCS(=O)CC2)cc1. The first kappa shape index (κ1) is 11.6. The monoisotopic (exact) mass is 238 g/mol. The van der Waals surface area contributed by atoms with E-state index in [0.717, 1.165) is 30.2 Å². The van der Waals surface area contributed by atoms with Crippen molar-refractivity contribution in [2.75, 3.05) is 29.5 Å². The van der Waals surface area contributed by atoms with Gasteiger partial charge in [0.25, 0.3) is 0 Å². The molecule has 0 unspecified atom stereocenters. The van der Waals surface area contributed by atoms with E-state index in [0.29, 0.717) is 0 Å². The van der Waals surface area contributed by atoms with Crippen LogP contribution in [0.25, 0.3) is 0 Å². The molecule has 1 aliphatic heterocycles. The molecule has 3 nitrogen and oxygen atoms in total. The molecule has 88 valence electrons. The molecule has 1 aromatic rings. The Labute approximate surface area is 99.1 Å². The van der Waals surface area contributed by atoms with Crippen LogP contribution in [-0.4, -0.2) is 28.8 Å². The maximum atomic E-state index is 11.3. The molecule has 0 aromatic heterocycles. The molecule has 0 saturated carbocycles. The standard InChI is InChI=1S/C12H18N2OS/c1-10(13)11-2-4-12(5-3-11)14-6-8-16(15)9-7-14/h2-5,10H,6-9,13H2,1H3/t10-/m1/s1. The van der Waals surface area contributed by atoms with Crippen molar-refractivity contribution in [2.45, 2.75) is 13.0 Å². The average Bonchev–Trinajstić information content (AvgIpc) is 2.30. The van der Waals surface area contributed by atoms with Gasteiger partial charge in [0.2, 0.25) is 0 Å². The summed E-state index contributed by atoms with van der Waals surface area (Å²) in [6.45, 7) is 3.77. The minimum Gasteiger partial charge on any atom is -0.370 e. The number of anilines is 1. The fourth-order valence-corrected chi connectivity index (χ4v) is 2.94. The van der Waals surface area contributed by atoms with Gasteiger partial charge in [-0.2, -0.15) is 0 Å². The van der Waals surface area contributed by atoms with Crippen LogP contribution in [0.1, 0.15) is 18.5 Å². The maximum Gasteiger partial charge on any atom is 0.0411 e. The van der Waals surface area contributed by atoms with E-state index >= 15 is 0 Å². The second-order valence-electron chi connectivity index (χ2n) is 4.22. The van der Waals surface area contributed by atoms with Crippen molar-refractivity contribution in [1.29, 1.82) is 0 Å². The molecular weight excluding hydrogens is 220 g/mol. The summed E-state index contributed by atoms with van der Waals surface area (Å²) in [6.07, 6.45) is 0. The smallest absolute Gasteiger partial charge is 0.0411 e. The third-order valence-corrected chi connectivity index (χ3v) is 4.24. The molecule has 1 saturated heterocycles. The van der Waals surface area contributed by atoms with Gasteiger partial charge in [-0.25, -0.2) is 0 Å². The Morgan fingerprint density at radius 1 is 1.25 bits per heavy atom. The molecule has 0 spiro atoms. The Morgan fingerprint density at radius 3 is 2.31 bits per heavy atom. The van der Waals surface area contributed by atoms with Gasteiger partial charge in [-0.15, -0.1) is 0 Å². The third kappa shape index (κ3) is 2.62. The van der Waals surface area contributed by atoms with Crippen LogP contribution in [0, 0.1) is 0 Å². The summed E-state index contributed by atoms with van der Waals surface area (Å²) in [4.78, 5) is 2.28. The predicted molar refractivity (Wildman–Crippen MR) is 69.1 cm³/mol. The molecule has 2 rings (SSSR count). The number of benzene rings is 1. The molecule has 0 amide bonds. The van der Waals surface area contributed by atoms with Gasteiger partial charge in [0.15, 0.2) is 0 Å². The van der Waals surface area contributed by atoms with Crippen molar-refractivity contribution in [2.24, 2.45) is 5.73 Å². The Bertz CT molecular complexity index is 365. The first-order valence-corrected chi connectivity index (χ1v) is 7.11. The quantitative estimate of drug-likeness (QED) is 0.844. The van der Waals surface area contributed by atoms with Crippen molar-refractivity contribution < 1.29 is 4.21 Å². The van der Waals surface area contributed by atoms with Crippen LogP contribution in [0.15, 0.2) is 24.3 Å². The Hall–Kier alpha value is -0.870. The average molecular weight is 238 g/mol. The zero-order valence-corrected chi connectivity index (χ0v) is 10.4. The molecule has 0 radical (unpaired) electrons. The largest absolute Gasteiger partial charge is 0.370 e. The fourth-order valence-electron chi connectivity index (χ4n) is 1.88. The zero-order chi connectivity index (χ0) is 11.5. The van der Waals surface area contributed by atoms with Crippen molar-refractivity contribution in [3.8, 4) is 0 Å². The highest BCUT2D eigenvalue weighted by atomic mass is 32.2. The lowest BCUT2D eigenvalue weighted by Crippen LogP contribution is -2.37. The Balaban J connectivity index is 2.07. The van der Waals surface area contributed by atoms with Crippen molar-refractivity contribution in [3.05, 3.63) is 29.8 Å². The highest BCUT2D eigenvalue weighted by molar-refractivity contribution is 7.85. The molecule has 0 bridgehead atoms. The van der Waals surface area contributed by atoms with E-state index in [1.165, 1.54) is 5.69 Å². The zero-order valence-electron chi connectivity index (χ0n) is 9.56. The van der Waals surface area contributed by atoms with E-state index in [1.807, 2.05) is 6.92 Å². The van der Waals surface area contributed by atoms with Crippen LogP contribution >= 0.6 is 0 Å². The summed E-state index contributed by atoms with van der Waals surface area (Å²) in [5, 5.41) is 0. The van der Waals surface area contributed by atoms with E-state index in [1.54, 1.807) is 0 Å². The highest BCUT2D eigenvalue weighted by Gasteiger charge is 2.15. The number of rotatable bonds is 2. The molecule has 1 aliphatic rings. The topological polar surface area (TPSA) is 46.3 Å². The fraction of sp³-hybridized carbons (Fsp3) is 0.500. The summed E-state index contributed by atoms with van der Waals surface area (Å²) in [5.74, 6) is 1.57. The number of hydrogen-bond donors (Lipinski definition) is 1. The minimum absolute atomic E-state index is 0.0860. The second-order valence-corrected chi connectivity index (χ2v) is 5.91. The van der Waals surface area contributed by atoms with E-state index < -0.39 is 10.8 Å². The highest BCUT2D eigenvalue weighted by Crippen LogP contribution is 2.19. The Morgan fingerprint density at radius 2 is 1.81 bits per heavy atom. The van der Waals surface area contributed by atoms with Crippen LogP contribution in [0.2, 0.25) is 0 Å². The molecule has 1 aromatic carbocycles. The molecule has 1 fully saturated rings. The Kier molecular flexibility index (Phi) is 3.61. The van der Waals surface area contributed by atoms with E-state index in [-0.39, 0.29) is 6.04 Å². The molecular formula is C12H18N2OS. The molecule has 2 N–H and O–H groups in total. The first-order chi connectivity index (χ1) is 7.66. The molecule has 0 aliphatic carbocycles. The minimum atomic E-state index is -0.608. The number of hydrogen-bond acceptors (Lipinski definition) is 3. The van der Waals surface area contributed by atoms with Crippen LogP contribution < -0.4 is 10.6 Å².